The number of hydrogen-bond donors (Lipinski definition) is 1. The van der Waals surface area contributed by atoms with E-state index in [1.807, 2.05) is 30.3 Å². The van der Waals surface area contributed by atoms with Crippen molar-refractivity contribution in [3.8, 4) is 11.6 Å². The largest absolute Gasteiger partial charge is 0.453 e. The van der Waals surface area contributed by atoms with Crippen molar-refractivity contribution in [1.82, 2.24) is 14.9 Å². The molecule has 5 nitrogen and oxygen atoms in total. The van der Waals surface area contributed by atoms with Gasteiger partial charge in [0.05, 0.1) is 17.3 Å². The summed E-state index contributed by atoms with van der Waals surface area (Å²) in [5.74, 6) is 1.30. The van der Waals surface area contributed by atoms with Crippen molar-refractivity contribution in [3.63, 3.8) is 0 Å². The minimum atomic E-state index is 0.116. The summed E-state index contributed by atoms with van der Waals surface area (Å²) < 4.78 is 6.02. The molecule has 0 saturated carbocycles. The molecule has 0 aliphatic heterocycles. The number of nitrogens with zero attached hydrogens (tertiary/aromatic N) is 3. The normalized spacial score (nSPS) is 12.9. The van der Waals surface area contributed by atoms with Crippen LogP contribution in [0.2, 0.25) is 0 Å². The van der Waals surface area contributed by atoms with Crippen LogP contribution in [0.3, 0.4) is 0 Å². The molecule has 0 radical (unpaired) electrons. The maximum Gasteiger partial charge on any atom is 0.196 e. The second kappa shape index (κ2) is 7.10. The number of aromatic nitrogens is 2. The highest BCUT2D eigenvalue weighted by atomic mass is 16.3. The van der Waals surface area contributed by atoms with E-state index in [0.29, 0.717) is 18.1 Å². The Bertz CT molecular complexity index is 1070. The van der Waals surface area contributed by atoms with Crippen molar-refractivity contribution in [1.29, 1.82) is 0 Å². The summed E-state index contributed by atoms with van der Waals surface area (Å²) in [5, 5.41) is 2.12. The average Bonchev–Trinajstić information content (AvgIpc) is 3.09. The zero-order valence-electron chi connectivity index (χ0n) is 15.9. The molecule has 1 unspecified atom stereocenters. The summed E-state index contributed by atoms with van der Waals surface area (Å²) >= 11 is 0. The van der Waals surface area contributed by atoms with E-state index in [0.717, 1.165) is 34.0 Å². The summed E-state index contributed by atoms with van der Waals surface area (Å²) in [6.07, 6.45) is 0.826. The molecule has 0 saturated heterocycles. The van der Waals surface area contributed by atoms with E-state index in [4.69, 9.17) is 20.1 Å². The molecule has 0 bridgehead atoms. The van der Waals surface area contributed by atoms with Crippen LogP contribution in [0, 0.1) is 6.92 Å². The Kier molecular flexibility index (Phi) is 4.64. The molecule has 0 fully saturated rings. The molecule has 2 aromatic heterocycles. The van der Waals surface area contributed by atoms with Gasteiger partial charge in [0.15, 0.2) is 11.6 Å². The Hall–Kier alpha value is -2.76. The smallest absolute Gasteiger partial charge is 0.196 e. The highest BCUT2D eigenvalue weighted by Gasteiger charge is 2.21. The molecule has 5 heteroatoms. The highest BCUT2D eigenvalue weighted by Crippen LogP contribution is 2.32. The highest BCUT2D eigenvalue weighted by molar-refractivity contribution is 5.85. The van der Waals surface area contributed by atoms with Crippen molar-refractivity contribution in [3.05, 3.63) is 59.8 Å². The number of nitrogens with two attached hydrogens (primary N) is 1. The number of fused-ring (bicyclic) bond motifs is 2. The fourth-order valence-electron chi connectivity index (χ4n) is 3.52. The first-order chi connectivity index (χ1) is 13.1. The molecule has 0 aliphatic rings. The van der Waals surface area contributed by atoms with Gasteiger partial charge in [0, 0.05) is 10.8 Å². The summed E-state index contributed by atoms with van der Waals surface area (Å²) in [4.78, 5) is 11.9. The molecule has 2 aromatic carbocycles. The van der Waals surface area contributed by atoms with Gasteiger partial charge >= 0.3 is 0 Å². The number of rotatable bonds is 5. The Balaban J connectivity index is 1.95. The van der Waals surface area contributed by atoms with Crippen LogP contribution in [0.1, 0.15) is 23.7 Å². The van der Waals surface area contributed by atoms with Gasteiger partial charge in [-0.15, -0.1) is 0 Å². The van der Waals surface area contributed by atoms with E-state index >= 15 is 0 Å². The molecule has 0 spiro atoms. The van der Waals surface area contributed by atoms with E-state index in [-0.39, 0.29) is 6.04 Å². The van der Waals surface area contributed by atoms with Crippen LogP contribution in [-0.2, 0) is 0 Å². The van der Waals surface area contributed by atoms with Gasteiger partial charge in [0.2, 0.25) is 0 Å². The second-order valence-corrected chi connectivity index (χ2v) is 7.16. The lowest BCUT2D eigenvalue weighted by Crippen LogP contribution is -2.24. The van der Waals surface area contributed by atoms with Crippen molar-refractivity contribution >= 4 is 21.9 Å². The summed E-state index contributed by atoms with van der Waals surface area (Å²) in [5.41, 5.74) is 9.84. The fraction of sp³-hybridized carbons (Fsp3) is 0.273. The van der Waals surface area contributed by atoms with E-state index in [9.17, 15) is 0 Å². The lowest BCUT2D eigenvalue weighted by Gasteiger charge is -2.24. The van der Waals surface area contributed by atoms with Crippen molar-refractivity contribution in [2.24, 2.45) is 5.73 Å². The van der Waals surface area contributed by atoms with E-state index in [1.54, 1.807) is 0 Å². The molecule has 1 atom stereocenters. The molecule has 2 heterocycles. The van der Waals surface area contributed by atoms with Gasteiger partial charge in [0.25, 0.3) is 0 Å². The van der Waals surface area contributed by atoms with E-state index in [2.05, 4.69) is 44.1 Å². The van der Waals surface area contributed by atoms with E-state index < -0.39 is 0 Å². The van der Waals surface area contributed by atoms with Gasteiger partial charge in [-0.2, -0.15) is 0 Å². The average molecular weight is 360 g/mol. The van der Waals surface area contributed by atoms with Crippen LogP contribution in [0.25, 0.3) is 33.5 Å². The predicted octanol–water partition coefficient (Wildman–Crippen LogP) is 4.30. The third-order valence-corrected chi connectivity index (χ3v) is 4.91. The zero-order chi connectivity index (χ0) is 19.0. The second-order valence-electron chi connectivity index (χ2n) is 7.16. The van der Waals surface area contributed by atoms with Crippen molar-refractivity contribution in [2.45, 2.75) is 19.4 Å². The van der Waals surface area contributed by atoms with Crippen molar-refractivity contribution < 1.29 is 4.42 Å². The van der Waals surface area contributed by atoms with E-state index in [1.165, 1.54) is 5.56 Å². The lowest BCUT2D eigenvalue weighted by molar-refractivity contribution is 0.283. The quantitative estimate of drug-likeness (QED) is 0.574. The summed E-state index contributed by atoms with van der Waals surface area (Å²) in [6.45, 7) is 2.68. The number of furan rings is 1. The fourth-order valence-corrected chi connectivity index (χ4v) is 3.52. The first-order valence-corrected chi connectivity index (χ1v) is 9.20. The van der Waals surface area contributed by atoms with Gasteiger partial charge in [-0.1, -0.05) is 29.8 Å². The first-order valence-electron chi connectivity index (χ1n) is 9.20. The summed E-state index contributed by atoms with van der Waals surface area (Å²) in [6, 6.07) is 16.4. The standard InChI is InChI=1S/C22H24N4O/c1-14-8-9-17-16(12-14)21(18(10-11-23)26(2)3)25-22(24-17)20-13-15-6-4-5-7-19(15)27-20/h4-9,12-13,18H,10-11,23H2,1-3H3. The number of hydrogen-bond acceptors (Lipinski definition) is 5. The van der Waals surface area contributed by atoms with Gasteiger partial charge in [-0.05, 0) is 58.3 Å². The van der Waals surface area contributed by atoms with Crippen LogP contribution in [-0.4, -0.2) is 35.5 Å². The minimum absolute atomic E-state index is 0.116. The molecular weight excluding hydrogens is 336 g/mol. The monoisotopic (exact) mass is 360 g/mol. The van der Waals surface area contributed by atoms with Gasteiger partial charge in [-0.3, -0.25) is 0 Å². The van der Waals surface area contributed by atoms with Crippen LogP contribution in [0.5, 0.6) is 0 Å². The van der Waals surface area contributed by atoms with Crippen LogP contribution < -0.4 is 5.73 Å². The van der Waals surface area contributed by atoms with Gasteiger partial charge < -0.3 is 15.1 Å². The van der Waals surface area contributed by atoms with Crippen LogP contribution in [0.4, 0.5) is 0 Å². The van der Waals surface area contributed by atoms with Crippen molar-refractivity contribution in [2.75, 3.05) is 20.6 Å². The molecule has 0 amide bonds. The Morgan fingerprint density at radius 2 is 1.89 bits per heavy atom. The predicted molar refractivity (Wildman–Crippen MR) is 110 cm³/mol. The maximum absolute atomic E-state index is 6.02. The molecule has 138 valence electrons. The third kappa shape index (κ3) is 3.31. The Morgan fingerprint density at radius 3 is 2.63 bits per heavy atom. The number of aryl methyl sites for hydroxylation is 1. The SMILES string of the molecule is Cc1ccc2nc(-c3cc4ccccc4o3)nc(C(CCN)N(C)C)c2c1. The lowest BCUT2D eigenvalue weighted by atomic mass is 10.0. The molecular formula is C22H24N4O. The summed E-state index contributed by atoms with van der Waals surface area (Å²) in [7, 11) is 4.12. The van der Waals surface area contributed by atoms with Gasteiger partial charge in [0.1, 0.15) is 5.58 Å². The van der Waals surface area contributed by atoms with Gasteiger partial charge in [-0.25, -0.2) is 9.97 Å². The molecule has 2 N–H and O–H groups in total. The van der Waals surface area contributed by atoms with Crippen LogP contribution in [0.15, 0.2) is 52.9 Å². The molecule has 4 rings (SSSR count). The molecule has 4 aromatic rings. The minimum Gasteiger partial charge on any atom is -0.453 e. The molecule has 27 heavy (non-hydrogen) atoms. The topological polar surface area (TPSA) is 68.2 Å². The maximum atomic E-state index is 6.02. The third-order valence-electron chi connectivity index (χ3n) is 4.91. The number of benzene rings is 2. The Labute approximate surface area is 158 Å². The first kappa shape index (κ1) is 17.6. The molecule has 0 aliphatic carbocycles. The number of para-hydroxylation sites is 1. The van der Waals surface area contributed by atoms with Crippen LogP contribution >= 0.6 is 0 Å². The Morgan fingerprint density at radius 1 is 1.07 bits per heavy atom. The zero-order valence-corrected chi connectivity index (χ0v) is 15.9.